The van der Waals surface area contributed by atoms with E-state index in [2.05, 4.69) is 5.10 Å². The van der Waals surface area contributed by atoms with Crippen LogP contribution in [0.4, 0.5) is 4.39 Å². The molecule has 0 N–H and O–H groups in total. The van der Waals surface area contributed by atoms with Gasteiger partial charge in [-0.25, -0.2) is 13.9 Å². The number of esters is 1. The molecule has 0 spiro atoms. The number of hydrogen-bond donors (Lipinski definition) is 0. The molecule has 1 saturated heterocycles. The second-order valence-corrected chi connectivity index (χ2v) is 8.19. The van der Waals surface area contributed by atoms with Gasteiger partial charge in [-0.1, -0.05) is 0 Å². The predicted octanol–water partition coefficient (Wildman–Crippen LogP) is 2.94. The first-order valence-electron chi connectivity index (χ1n) is 10.4. The van der Waals surface area contributed by atoms with E-state index in [1.165, 1.54) is 12.1 Å². The van der Waals surface area contributed by atoms with E-state index in [0.717, 1.165) is 61.2 Å². The number of fused-ring (bicyclic) bond motifs is 1. The van der Waals surface area contributed by atoms with Gasteiger partial charge >= 0.3 is 5.97 Å². The van der Waals surface area contributed by atoms with Gasteiger partial charge in [-0.05, 0) is 69.2 Å². The fourth-order valence-corrected chi connectivity index (χ4v) is 4.50. The van der Waals surface area contributed by atoms with Gasteiger partial charge in [-0.15, -0.1) is 0 Å². The monoisotopic (exact) mass is 397 g/mol. The van der Waals surface area contributed by atoms with Crippen molar-refractivity contribution in [1.29, 1.82) is 0 Å². The summed E-state index contributed by atoms with van der Waals surface area (Å²) in [6.07, 6.45) is 6.21. The number of aromatic nitrogens is 2. The lowest BCUT2D eigenvalue weighted by atomic mass is 10.2. The summed E-state index contributed by atoms with van der Waals surface area (Å²) in [6, 6.07) is 5.79. The SMILES string of the molecule is O=C(OCc1nn(-c2ccc(F)cc2)c2c1CCC2)C1CCCN1C(=O)C1CC1. The highest BCUT2D eigenvalue weighted by Gasteiger charge is 2.41. The molecule has 1 aromatic carbocycles. The van der Waals surface area contributed by atoms with Crippen LogP contribution >= 0.6 is 0 Å². The topological polar surface area (TPSA) is 64.4 Å². The van der Waals surface area contributed by atoms with E-state index in [9.17, 15) is 14.0 Å². The Morgan fingerprint density at radius 2 is 1.90 bits per heavy atom. The van der Waals surface area contributed by atoms with Crippen LogP contribution in [0.15, 0.2) is 24.3 Å². The Balaban J connectivity index is 1.31. The van der Waals surface area contributed by atoms with E-state index in [0.29, 0.717) is 13.0 Å². The zero-order chi connectivity index (χ0) is 20.0. The summed E-state index contributed by atoms with van der Waals surface area (Å²) in [5.74, 6) is -0.405. The minimum Gasteiger partial charge on any atom is -0.458 e. The van der Waals surface area contributed by atoms with Crippen LogP contribution in [0.5, 0.6) is 0 Å². The molecule has 1 atom stereocenters. The first-order chi connectivity index (χ1) is 14.1. The van der Waals surface area contributed by atoms with E-state index < -0.39 is 6.04 Å². The van der Waals surface area contributed by atoms with Gasteiger partial charge in [0, 0.05) is 23.7 Å². The average molecular weight is 397 g/mol. The van der Waals surface area contributed by atoms with Crippen molar-refractivity contribution in [2.75, 3.05) is 6.54 Å². The van der Waals surface area contributed by atoms with Gasteiger partial charge in [0.05, 0.1) is 5.69 Å². The second-order valence-electron chi connectivity index (χ2n) is 8.19. The normalized spacial score (nSPS) is 20.7. The molecule has 6 nitrogen and oxygen atoms in total. The number of amides is 1. The Morgan fingerprint density at radius 1 is 1.10 bits per heavy atom. The van der Waals surface area contributed by atoms with Gasteiger partial charge < -0.3 is 9.64 Å². The van der Waals surface area contributed by atoms with E-state index in [4.69, 9.17) is 4.74 Å². The quantitative estimate of drug-likeness (QED) is 0.728. The van der Waals surface area contributed by atoms with Gasteiger partial charge in [-0.2, -0.15) is 5.10 Å². The maximum absolute atomic E-state index is 13.3. The Kier molecular flexibility index (Phi) is 4.60. The van der Waals surface area contributed by atoms with Gasteiger partial charge in [0.25, 0.3) is 0 Å². The van der Waals surface area contributed by atoms with Crippen LogP contribution < -0.4 is 0 Å². The van der Waals surface area contributed by atoms with Crippen LogP contribution in [0, 0.1) is 11.7 Å². The van der Waals surface area contributed by atoms with Gasteiger partial charge in [0.15, 0.2) is 0 Å². The lowest BCUT2D eigenvalue weighted by Crippen LogP contribution is -2.42. The number of nitrogens with zero attached hydrogens (tertiary/aromatic N) is 3. The number of likely N-dealkylation sites (tertiary alicyclic amines) is 1. The minimum atomic E-state index is -0.463. The fourth-order valence-electron chi connectivity index (χ4n) is 4.50. The number of carbonyl (C=O) groups excluding carboxylic acids is 2. The summed E-state index contributed by atoms with van der Waals surface area (Å²) in [4.78, 5) is 26.8. The Bertz CT molecular complexity index is 949. The van der Waals surface area contributed by atoms with E-state index in [1.807, 2.05) is 4.68 Å². The molecule has 1 amide bonds. The van der Waals surface area contributed by atoms with Crippen molar-refractivity contribution in [3.63, 3.8) is 0 Å². The van der Waals surface area contributed by atoms with E-state index in [-0.39, 0.29) is 30.2 Å². The zero-order valence-corrected chi connectivity index (χ0v) is 16.3. The summed E-state index contributed by atoms with van der Waals surface area (Å²) in [5.41, 5.74) is 3.79. The molecule has 152 valence electrons. The largest absolute Gasteiger partial charge is 0.458 e. The standard InChI is InChI=1S/C22H24FN3O3/c23-15-8-10-16(11-9-15)26-19-4-1-3-17(19)18(24-26)13-29-22(28)20-5-2-12-25(20)21(27)14-6-7-14/h8-11,14,20H,1-7,12-13H2. The van der Waals surface area contributed by atoms with E-state index in [1.54, 1.807) is 17.0 Å². The smallest absolute Gasteiger partial charge is 0.329 e. The molecule has 1 aliphatic heterocycles. The highest BCUT2D eigenvalue weighted by Crippen LogP contribution is 2.34. The maximum atomic E-state index is 13.3. The summed E-state index contributed by atoms with van der Waals surface area (Å²) >= 11 is 0. The van der Waals surface area contributed by atoms with Crippen LogP contribution in [0.2, 0.25) is 0 Å². The number of hydrogen-bond acceptors (Lipinski definition) is 4. The third kappa shape index (κ3) is 3.43. The number of carbonyl (C=O) groups is 2. The molecule has 2 fully saturated rings. The van der Waals surface area contributed by atoms with Crippen molar-refractivity contribution >= 4 is 11.9 Å². The third-order valence-electron chi connectivity index (χ3n) is 6.17. The Labute approximate surface area is 168 Å². The molecule has 2 aliphatic carbocycles. The van der Waals surface area contributed by atoms with Gasteiger partial charge in [0.1, 0.15) is 24.2 Å². The molecule has 29 heavy (non-hydrogen) atoms. The summed E-state index contributed by atoms with van der Waals surface area (Å²) in [6.45, 7) is 0.751. The van der Waals surface area contributed by atoms with Crippen LogP contribution in [0.25, 0.3) is 5.69 Å². The van der Waals surface area contributed by atoms with E-state index >= 15 is 0 Å². The highest BCUT2D eigenvalue weighted by atomic mass is 19.1. The third-order valence-corrected chi connectivity index (χ3v) is 6.17. The molecule has 2 heterocycles. The first-order valence-corrected chi connectivity index (χ1v) is 10.4. The van der Waals surface area contributed by atoms with Crippen LogP contribution in [0.1, 0.15) is 49.1 Å². The van der Waals surface area contributed by atoms with Crippen LogP contribution in [-0.4, -0.2) is 39.1 Å². The molecule has 0 bridgehead atoms. The molecular weight excluding hydrogens is 373 g/mol. The van der Waals surface area contributed by atoms with Crippen molar-refractivity contribution in [3.8, 4) is 5.69 Å². The molecule has 1 unspecified atom stereocenters. The minimum absolute atomic E-state index is 0.103. The maximum Gasteiger partial charge on any atom is 0.329 e. The molecule has 1 aromatic heterocycles. The van der Waals surface area contributed by atoms with Crippen molar-refractivity contribution in [3.05, 3.63) is 47.0 Å². The Hall–Kier alpha value is -2.70. The summed E-state index contributed by atoms with van der Waals surface area (Å²) in [5, 5.41) is 4.66. The number of benzene rings is 1. The molecule has 0 radical (unpaired) electrons. The molecule has 5 rings (SSSR count). The zero-order valence-electron chi connectivity index (χ0n) is 16.3. The van der Waals surface area contributed by atoms with Crippen molar-refractivity contribution in [2.45, 2.75) is 57.6 Å². The van der Waals surface area contributed by atoms with Crippen LogP contribution in [-0.2, 0) is 33.8 Å². The molecule has 3 aliphatic rings. The summed E-state index contributed by atoms with van der Waals surface area (Å²) in [7, 11) is 0. The van der Waals surface area contributed by atoms with Gasteiger partial charge in [-0.3, -0.25) is 4.79 Å². The predicted molar refractivity (Wildman–Crippen MR) is 103 cm³/mol. The fraction of sp³-hybridized carbons (Fsp3) is 0.500. The summed E-state index contributed by atoms with van der Waals surface area (Å²) < 4.78 is 20.7. The van der Waals surface area contributed by atoms with Crippen molar-refractivity contribution < 1.29 is 18.7 Å². The van der Waals surface area contributed by atoms with Crippen molar-refractivity contribution in [2.24, 2.45) is 5.92 Å². The van der Waals surface area contributed by atoms with Crippen molar-refractivity contribution in [1.82, 2.24) is 14.7 Å². The van der Waals surface area contributed by atoms with Gasteiger partial charge in [0.2, 0.25) is 5.91 Å². The second kappa shape index (κ2) is 7.28. The molecule has 7 heteroatoms. The number of halogens is 1. The van der Waals surface area contributed by atoms with Crippen LogP contribution in [0.3, 0.4) is 0 Å². The lowest BCUT2D eigenvalue weighted by molar-refractivity contribution is -0.155. The first kappa shape index (κ1) is 18.3. The average Bonchev–Trinajstić information content (AvgIpc) is 3.14. The number of rotatable bonds is 5. The molecule has 1 saturated carbocycles. The highest BCUT2D eigenvalue weighted by molar-refractivity contribution is 5.87. The molecular formula is C22H24FN3O3. The number of ether oxygens (including phenoxy) is 1. The lowest BCUT2D eigenvalue weighted by Gasteiger charge is -2.23. The molecule has 2 aromatic rings. The Morgan fingerprint density at radius 3 is 2.66 bits per heavy atom.